The molecular weight excluding hydrogens is 346 g/mol. The second-order valence-electron chi connectivity index (χ2n) is 6.09. The van der Waals surface area contributed by atoms with Crippen LogP contribution in [0.15, 0.2) is 90.7 Å². The summed E-state index contributed by atoms with van der Waals surface area (Å²) < 4.78 is 0. The molecule has 4 rings (SSSR count). The number of hydrogen-bond acceptors (Lipinski definition) is 2. The summed E-state index contributed by atoms with van der Waals surface area (Å²) in [6, 6.07) is 25.9. The van der Waals surface area contributed by atoms with Crippen molar-refractivity contribution in [2.24, 2.45) is 0 Å². The minimum atomic E-state index is -0.417. The lowest BCUT2D eigenvalue weighted by Gasteiger charge is -2.27. The van der Waals surface area contributed by atoms with Crippen molar-refractivity contribution in [1.29, 1.82) is 0 Å². The normalized spacial score (nSPS) is 17.0. The topological polar surface area (TPSA) is 40.5 Å². The van der Waals surface area contributed by atoms with Gasteiger partial charge in [-0.25, -0.2) is 0 Å². The Balaban J connectivity index is 1.90. The lowest BCUT2D eigenvalue weighted by molar-refractivity contribution is -0.117. The minimum Gasteiger partial charge on any atom is -0.503 e. The quantitative estimate of drug-likeness (QED) is 0.678. The molecule has 3 aromatic rings. The van der Waals surface area contributed by atoms with Gasteiger partial charge in [0, 0.05) is 16.3 Å². The van der Waals surface area contributed by atoms with Crippen LogP contribution in [0.1, 0.15) is 17.2 Å². The van der Waals surface area contributed by atoms with E-state index in [1.807, 2.05) is 60.7 Å². The molecule has 128 valence electrons. The molecule has 0 aromatic heterocycles. The van der Waals surface area contributed by atoms with Crippen LogP contribution in [0.2, 0.25) is 5.02 Å². The number of carbonyl (C=O) groups excluding carboxylic acids is 1. The summed E-state index contributed by atoms with van der Waals surface area (Å²) in [4.78, 5) is 14.6. The molecule has 1 atom stereocenters. The Morgan fingerprint density at radius 1 is 0.808 bits per heavy atom. The van der Waals surface area contributed by atoms with Crippen molar-refractivity contribution >= 4 is 28.8 Å². The number of aliphatic hydroxyl groups is 1. The molecule has 0 unspecified atom stereocenters. The Labute approximate surface area is 156 Å². The van der Waals surface area contributed by atoms with Crippen LogP contribution < -0.4 is 4.90 Å². The molecule has 4 heteroatoms. The highest BCUT2D eigenvalue weighted by Crippen LogP contribution is 2.45. The maximum Gasteiger partial charge on any atom is 0.294 e. The van der Waals surface area contributed by atoms with Crippen molar-refractivity contribution in [3.63, 3.8) is 0 Å². The van der Waals surface area contributed by atoms with Gasteiger partial charge in [-0.2, -0.15) is 0 Å². The van der Waals surface area contributed by atoms with Crippen LogP contribution in [0, 0.1) is 0 Å². The van der Waals surface area contributed by atoms with Gasteiger partial charge in [-0.1, -0.05) is 72.3 Å². The molecule has 0 spiro atoms. The number of rotatable bonds is 3. The predicted molar refractivity (Wildman–Crippen MR) is 104 cm³/mol. The molecule has 1 heterocycles. The van der Waals surface area contributed by atoms with Gasteiger partial charge in [0.25, 0.3) is 5.91 Å². The maximum atomic E-state index is 12.9. The number of benzene rings is 3. The molecule has 1 amide bonds. The van der Waals surface area contributed by atoms with E-state index >= 15 is 0 Å². The number of aliphatic hydroxyl groups excluding tert-OH is 1. The van der Waals surface area contributed by atoms with Crippen molar-refractivity contribution in [2.45, 2.75) is 6.04 Å². The number of anilines is 1. The summed E-state index contributed by atoms with van der Waals surface area (Å²) in [7, 11) is 0. The molecule has 0 radical (unpaired) electrons. The highest BCUT2D eigenvalue weighted by atomic mass is 35.5. The van der Waals surface area contributed by atoms with E-state index in [2.05, 4.69) is 0 Å². The van der Waals surface area contributed by atoms with Crippen molar-refractivity contribution < 1.29 is 9.90 Å². The van der Waals surface area contributed by atoms with E-state index in [1.54, 1.807) is 29.2 Å². The average Bonchev–Trinajstić information content (AvgIpc) is 2.95. The third-order valence-corrected chi connectivity index (χ3v) is 4.77. The number of hydrogen-bond donors (Lipinski definition) is 1. The van der Waals surface area contributed by atoms with Gasteiger partial charge in [-0.3, -0.25) is 9.69 Å². The highest BCUT2D eigenvalue weighted by Gasteiger charge is 2.41. The first kappa shape index (κ1) is 16.4. The van der Waals surface area contributed by atoms with Gasteiger partial charge < -0.3 is 5.11 Å². The summed E-state index contributed by atoms with van der Waals surface area (Å²) in [5.74, 6) is -0.639. The van der Waals surface area contributed by atoms with Crippen molar-refractivity contribution in [2.75, 3.05) is 4.90 Å². The summed E-state index contributed by atoms with van der Waals surface area (Å²) >= 11 is 6.00. The lowest BCUT2D eigenvalue weighted by Crippen LogP contribution is -2.30. The number of carbonyl (C=O) groups is 1. The second-order valence-corrected chi connectivity index (χ2v) is 6.53. The van der Waals surface area contributed by atoms with Crippen LogP contribution in [-0.4, -0.2) is 11.0 Å². The van der Waals surface area contributed by atoms with Crippen molar-refractivity contribution in [1.82, 2.24) is 0 Å². The first-order chi connectivity index (χ1) is 12.7. The van der Waals surface area contributed by atoms with Crippen LogP contribution >= 0.6 is 11.6 Å². The molecular formula is C22H16ClNO2. The Morgan fingerprint density at radius 3 is 2.00 bits per heavy atom. The predicted octanol–water partition coefficient (Wildman–Crippen LogP) is 5.40. The standard InChI is InChI=1S/C22H16ClNO2/c23-17-11-13-18(14-12-17)24-20(16-9-5-2-6-10-16)19(21(25)22(24)26)15-7-3-1-4-8-15/h1-14,20,25H/t20-/m0/s1. The Morgan fingerprint density at radius 2 is 1.38 bits per heavy atom. The first-order valence-electron chi connectivity index (χ1n) is 8.29. The molecule has 1 aliphatic heterocycles. The van der Waals surface area contributed by atoms with Crippen LogP contribution in [-0.2, 0) is 4.79 Å². The number of amides is 1. The number of nitrogens with zero attached hydrogens (tertiary/aromatic N) is 1. The van der Waals surface area contributed by atoms with E-state index in [0.29, 0.717) is 16.3 Å². The smallest absolute Gasteiger partial charge is 0.294 e. The van der Waals surface area contributed by atoms with Gasteiger partial charge in [-0.15, -0.1) is 0 Å². The second kappa shape index (κ2) is 6.70. The number of halogens is 1. The molecule has 26 heavy (non-hydrogen) atoms. The van der Waals surface area contributed by atoms with Gasteiger partial charge in [-0.05, 0) is 35.4 Å². The lowest BCUT2D eigenvalue weighted by atomic mass is 9.93. The zero-order valence-electron chi connectivity index (χ0n) is 13.8. The molecule has 1 N–H and O–H groups in total. The Bertz CT molecular complexity index is 966. The molecule has 3 aromatic carbocycles. The Hall–Kier alpha value is -3.04. The zero-order chi connectivity index (χ0) is 18.1. The van der Waals surface area contributed by atoms with Gasteiger partial charge in [0.1, 0.15) is 0 Å². The fourth-order valence-corrected chi connectivity index (χ4v) is 3.46. The van der Waals surface area contributed by atoms with E-state index < -0.39 is 11.9 Å². The van der Waals surface area contributed by atoms with E-state index in [1.165, 1.54) is 0 Å². The van der Waals surface area contributed by atoms with Crippen molar-refractivity contribution in [3.8, 4) is 0 Å². The van der Waals surface area contributed by atoms with E-state index in [0.717, 1.165) is 11.1 Å². The maximum absolute atomic E-state index is 12.9. The fraction of sp³-hybridized carbons (Fsp3) is 0.0455. The molecule has 0 bridgehead atoms. The van der Waals surface area contributed by atoms with Crippen molar-refractivity contribution in [3.05, 3.63) is 107 Å². The SMILES string of the molecule is O=C1C(O)=C(c2ccccc2)[C@H](c2ccccc2)N1c1ccc(Cl)cc1. The molecule has 0 saturated heterocycles. The van der Waals surface area contributed by atoms with Gasteiger partial charge in [0.05, 0.1) is 6.04 Å². The van der Waals surface area contributed by atoms with Crippen LogP contribution in [0.25, 0.3) is 5.57 Å². The first-order valence-corrected chi connectivity index (χ1v) is 8.67. The van der Waals surface area contributed by atoms with Gasteiger partial charge in [0.2, 0.25) is 0 Å². The highest BCUT2D eigenvalue weighted by molar-refractivity contribution is 6.30. The monoisotopic (exact) mass is 361 g/mol. The summed E-state index contributed by atoms with van der Waals surface area (Å²) in [5, 5.41) is 11.3. The molecule has 0 saturated carbocycles. The van der Waals surface area contributed by atoms with E-state index in [4.69, 9.17) is 11.6 Å². The third-order valence-electron chi connectivity index (χ3n) is 4.51. The van der Waals surface area contributed by atoms with Crippen LogP contribution in [0.4, 0.5) is 5.69 Å². The molecule has 0 fully saturated rings. The minimum absolute atomic E-state index is 0.222. The van der Waals surface area contributed by atoms with E-state index in [9.17, 15) is 9.90 Å². The average molecular weight is 362 g/mol. The fourth-order valence-electron chi connectivity index (χ4n) is 3.34. The van der Waals surface area contributed by atoms with Gasteiger partial charge in [0.15, 0.2) is 5.76 Å². The third kappa shape index (κ3) is 2.76. The van der Waals surface area contributed by atoms with E-state index in [-0.39, 0.29) is 5.76 Å². The molecule has 0 aliphatic carbocycles. The Kier molecular flexibility index (Phi) is 4.23. The van der Waals surface area contributed by atoms with Crippen LogP contribution in [0.3, 0.4) is 0 Å². The van der Waals surface area contributed by atoms with Crippen LogP contribution in [0.5, 0.6) is 0 Å². The summed E-state index contributed by atoms with van der Waals surface area (Å²) in [6.07, 6.45) is 0. The molecule has 1 aliphatic rings. The summed E-state index contributed by atoms with van der Waals surface area (Å²) in [6.45, 7) is 0. The van der Waals surface area contributed by atoms with Gasteiger partial charge >= 0.3 is 0 Å². The molecule has 3 nitrogen and oxygen atoms in total. The summed E-state index contributed by atoms with van der Waals surface area (Å²) in [5.41, 5.74) is 3.05. The zero-order valence-corrected chi connectivity index (χ0v) is 14.6. The largest absolute Gasteiger partial charge is 0.503 e.